The molecule has 9 heteroatoms. The van der Waals surface area contributed by atoms with Crippen molar-refractivity contribution in [2.24, 2.45) is 0 Å². The molecule has 1 aromatic carbocycles. The Bertz CT molecular complexity index is 945. The van der Waals surface area contributed by atoms with Gasteiger partial charge in [-0.3, -0.25) is 9.80 Å². The monoisotopic (exact) mass is 446 g/mol. The number of aromatic nitrogens is 4. The second-order valence-corrected chi connectivity index (χ2v) is 10.9. The number of tetrazole rings is 1. The van der Waals surface area contributed by atoms with Crippen LogP contribution in [0.25, 0.3) is 0 Å². The smallest absolute Gasteiger partial charge is 0.198 e. The summed E-state index contributed by atoms with van der Waals surface area (Å²) >= 11 is 0. The highest BCUT2D eigenvalue weighted by Gasteiger charge is 2.32. The van der Waals surface area contributed by atoms with Gasteiger partial charge in [-0.2, -0.15) is 0 Å². The maximum Gasteiger partial charge on any atom is 0.198 e. The number of aryl methyl sites for hydroxylation is 1. The van der Waals surface area contributed by atoms with E-state index in [1.54, 1.807) is 12.1 Å². The number of piperazine rings is 1. The van der Waals surface area contributed by atoms with E-state index >= 15 is 0 Å². The Morgan fingerprint density at radius 3 is 2.39 bits per heavy atom. The van der Waals surface area contributed by atoms with E-state index in [4.69, 9.17) is 0 Å². The van der Waals surface area contributed by atoms with Crippen molar-refractivity contribution < 1.29 is 8.42 Å². The third kappa shape index (κ3) is 5.15. The zero-order chi connectivity index (χ0) is 21.8. The van der Waals surface area contributed by atoms with E-state index in [9.17, 15) is 8.42 Å². The second kappa shape index (κ2) is 9.75. The van der Waals surface area contributed by atoms with E-state index in [0.717, 1.165) is 50.6 Å². The van der Waals surface area contributed by atoms with Gasteiger partial charge in [0.15, 0.2) is 21.5 Å². The molecule has 170 valence electrons. The summed E-state index contributed by atoms with van der Waals surface area (Å²) in [5.41, 5.74) is 1.03. The van der Waals surface area contributed by atoms with Crippen LogP contribution in [-0.2, 0) is 15.7 Å². The van der Waals surface area contributed by atoms with Crippen molar-refractivity contribution in [1.82, 2.24) is 30.0 Å². The van der Waals surface area contributed by atoms with Gasteiger partial charge in [0.25, 0.3) is 0 Å². The minimum Gasteiger partial charge on any atom is -0.298 e. The maximum atomic E-state index is 13.0. The first-order valence-corrected chi connectivity index (χ1v) is 13.2. The van der Waals surface area contributed by atoms with Gasteiger partial charge in [-0.05, 0) is 48.7 Å². The van der Waals surface area contributed by atoms with Crippen molar-refractivity contribution >= 4 is 9.84 Å². The molecule has 0 spiro atoms. The topological polar surface area (TPSA) is 84.2 Å². The van der Waals surface area contributed by atoms with Crippen LogP contribution in [0.15, 0.2) is 29.2 Å². The zero-order valence-corrected chi connectivity index (χ0v) is 19.5. The number of benzene rings is 1. The van der Waals surface area contributed by atoms with Crippen molar-refractivity contribution in [3.8, 4) is 0 Å². The first-order chi connectivity index (χ1) is 15.0. The predicted octanol–water partition coefficient (Wildman–Crippen LogP) is 2.81. The molecule has 1 saturated carbocycles. The van der Waals surface area contributed by atoms with Gasteiger partial charge in [-0.25, -0.2) is 13.1 Å². The number of hydrogen-bond donors (Lipinski definition) is 0. The van der Waals surface area contributed by atoms with Crippen molar-refractivity contribution in [2.75, 3.05) is 26.2 Å². The average Bonchev–Trinajstić information content (AvgIpc) is 3.45. The van der Waals surface area contributed by atoms with Crippen LogP contribution in [0.5, 0.6) is 0 Å². The third-order valence-electron chi connectivity index (χ3n) is 6.72. The predicted molar refractivity (Wildman–Crippen MR) is 119 cm³/mol. The number of hydrogen-bond acceptors (Lipinski definition) is 7. The molecule has 4 rings (SSSR count). The van der Waals surface area contributed by atoms with E-state index < -0.39 is 9.84 Å². The van der Waals surface area contributed by atoms with E-state index in [1.807, 2.05) is 19.1 Å². The Balaban J connectivity index is 1.48. The maximum absolute atomic E-state index is 13.0. The van der Waals surface area contributed by atoms with Crippen LogP contribution in [0, 0.1) is 6.92 Å². The van der Waals surface area contributed by atoms with Crippen LogP contribution in [0.3, 0.4) is 0 Å². The second-order valence-electron chi connectivity index (χ2n) is 8.91. The van der Waals surface area contributed by atoms with Crippen LogP contribution in [-0.4, -0.2) is 70.6 Å². The van der Waals surface area contributed by atoms with Gasteiger partial charge in [0.2, 0.25) is 0 Å². The fraction of sp³-hybridized carbons (Fsp3) is 0.682. The molecule has 1 saturated heterocycles. The summed E-state index contributed by atoms with van der Waals surface area (Å²) < 4.78 is 27.4. The lowest BCUT2D eigenvalue weighted by Gasteiger charge is -2.41. The van der Waals surface area contributed by atoms with Crippen LogP contribution in [0.2, 0.25) is 0 Å². The Morgan fingerprint density at radius 2 is 1.74 bits per heavy atom. The molecule has 8 nitrogen and oxygen atoms in total. The molecular formula is C22H34N6O2S. The molecule has 1 aliphatic carbocycles. The molecule has 2 aliphatic rings. The SMILES string of the molecule is CCC[C@H](c1nnnn1CS(=O)(=O)c1ccc(C)cc1)N1CCN(C2CCCC2)CC1. The van der Waals surface area contributed by atoms with E-state index in [1.165, 1.54) is 30.4 Å². The molecule has 0 N–H and O–H groups in total. The van der Waals surface area contributed by atoms with Gasteiger partial charge in [0.1, 0.15) is 0 Å². The van der Waals surface area contributed by atoms with Crippen molar-refractivity contribution in [3.05, 3.63) is 35.7 Å². The van der Waals surface area contributed by atoms with E-state index in [2.05, 4.69) is 32.2 Å². The molecule has 0 amide bonds. The minimum absolute atomic E-state index is 0.0407. The molecule has 1 aromatic heterocycles. The lowest BCUT2D eigenvalue weighted by atomic mass is 10.1. The molecule has 1 atom stereocenters. The zero-order valence-electron chi connectivity index (χ0n) is 18.7. The highest BCUT2D eigenvalue weighted by molar-refractivity contribution is 7.90. The van der Waals surface area contributed by atoms with Gasteiger partial charge < -0.3 is 0 Å². The van der Waals surface area contributed by atoms with Crippen molar-refractivity contribution in [2.45, 2.75) is 75.2 Å². The molecule has 2 heterocycles. The summed E-state index contributed by atoms with van der Waals surface area (Å²) in [6, 6.07) is 7.73. The largest absolute Gasteiger partial charge is 0.298 e. The summed E-state index contributed by atoms with van der Waals surface area (Å²) in [6.45, 7) is 8.16. The highest BCUT2D eigenvalue weighted by atomic mass is 32.2. The Kier molecular flexibility index (Phi) is 7.03. The fourth-order valence-corrected chi connectivity index (χ4v) is 6.16. The summed E-state index contributed by atoms with van der Waals surface area (Å²) in [6.07, 6.45) is 7.27. The summed E-state index contributed by atoms with van der Waals surface area (Å²) in [5, 5.41) is 12.2. The van der Waals surface area contributed by atoms with Gasteiger partial charge in [0.05, 0.1) is 10.9 Å². The summed E-state index contributed by atoms with van der Waals surface area (Å²) in [4.78, 5) is 5.38. The molecule has 0 unspecified atom stereocenters. The van der Waals surface area contributed by atoms with E-state index in [-0.39, 0.29) is 11.9 Å². The van der Waals surface area contributed by atoms with Crippen LogP contribution in [0.4, 0.5) is 0 Å². The molecular weight excluding hydrogens is 412 g/mol. The molecule has 2 fully saturated rings. The molecule has 2 aromatic rings. The van der Waals surface area contributed by atoms with E-state index in [0.29, 0.717) is 10.7 Å². The number of sulfone groups is 1. The van der Waals surface area contributed by atoms with Crippen LogP contribution >= 0.6 is 0 Å². The highest BCUT2D eigenvalue weighted by Crippen LogP contribution is 2.29. The van der Waals surface area contributed by atoms with Gasteiger partial charge in [0, 0.05) is 32.2 Å². The average molecular weight is 447 g/mol. The Morgan fingerprint density at radius 1 is 1.06 bits per heavy atom. The Labute approximate surface area is 185 Å². The molecule has 31 heavy (non-hydrogen) atoms. The number of rotatable bonds is 8. The first-order valence-electron chi connectivity index (χ1n) is 11.5. The third-order valence-corrected chi connectivity index (χ3v) is 8.30. The summed E-state index contributed by atoms with van der Waals surface area (Å²) in [5.74, 6) is 0.424. The van der Waals surface area contributed by atoms with Gasteiger partial charge in [-0.1, -0.05) is 43.9 Å². The first kappa shape index (κ1) is 22.4. The quantitative estimate of drug-likeness (QED) is 0.616. The van der Waals surface area contributed by atoms with Gasteiger partial charge in [-0.15, -0.1) is 5.10 Å². The van der Waals surface area contributed by atoms with Crippen molar-refractivity contribution in [1.29, 1.82) is 0 Å². The standard InChI is InChI=1S/C22H34N6O2S/c1-3-6-21(27-15-13-26(14-16-27)19-7-4-5-8-19)22-23-24-25-28(22)17-31(29,30)20-11-9-18(2)10-12-20/h9-12,19,21H,3-8,13-17H2,1-2H3/t21-/m1/s1. The normalized spacial score (nSPS) is 20.3. The van der Waals surface area contributed by atoms with Crippen molar-refractivity contribution in [3.63, 3.8) is 0 Å². The molecule has 0 radical (unpaired) electrons. The van der Waals surface area contributed by atoms with Crippen LogP contribution < -0.4 is 0 Å². The molecule has 0 bridgehead atoms. The fourth-order valence-electron chi connectivity index (χ4n) is 4.96. The lowest BCUT2D eigenvalue weighted by Crippen LogP contribution is -2.50. The van der Waals surface area contributed by atoms with Crippen LogP contribution in [0.1, 0.15) is 62.9 Å². The molecule has 1 aliphatic heterocycles. The number of nitrogens with zero attached hydrogens (tertiary/aromatic N) is 6. The van der Waals surface area contributed by atoms with Gasteiger partial charge >= 0.3 is 0 Å². The summed E-state index contributed by atoms with van der Waals surface area (Å²) in [7, 11) is -3.53. The lowest BCUT2D eigenvalue weighted by molar-refractivity contribution is 0.0629. The Hall–Kier alpha value is -1.84. The minimum atomic E-state index is -3.53.